The zero-order valence-electron chi connectivity index (χ0n) is 9.72. The number of hydrogen-bond donors (Lipinski definition) is 0. The van der Waals surface area contributed by atoms with Gasteiger partial charge in [0.1, 0.15) is 18.5 Å². The number of hydrogen-bond acceptors (Lipinski definition) is 4. The summed E-state index contributed by atoms with van der Waals surface area (Å²) < 4.78 is 16.6. The van der Waals surface area contributed by atoms with Crippen LogP contribution < -0.4 is 0 Å². The highest BCUT2D eigenvalue weighted by atomic mass is 16.7. The van der Waals surface area contributed by atoms with Crippen LogP contribution in [-0.4, -0.2) is 37.5 Å². The smallest absolute Gasteiger partial charge is 0.163 e. The standard InChI is InChI=1S/C12H18O4/c1-4-8-14-10(6-5-7-13)11-9-15-12(2,3)16-11/h4-7,10-11H,1,8-9H2,2-3H3/b6-5+/t10-,11-/m0/s1. The monoisotopic (exact) mass is 226 g/mol. The van der Waals surface area contributed by atoms with E-state index in [9.17, 15) is 4.79 Å². The molecule has 1 aliphatic rings. The molecule has 2 atom stereocenters. The average molecular weight is 226 g/mol. The van der Waals surface area contributed by atoms with Gasteiger partial charge in [-0.2, -0.15) is 0 Å². The maximum absolute atomic E-state index is 10.3. The second-order valence-electron chi connectivity index (χ2n) is 3.97. The van der Waals surface area contributed by atoms with Gasteiger partial charge in [-0.05, 0) is 26.0 Å². The lowest BCUT2D eigenvalue weighted by Crippen LogP contribution is -2.31. The van der Waals surface area contributed by atoms with Gasteiger partial charge in [-0.15, -0.1) is 6.58 Å². The fourth-order valence-electron chi connectivity index (χ4n) is 1.50. The predicted octanol–water partition coefficient (Wildman–Crippen LogP) is 1.46. The summed E-state index contributed by atoms with van der Waals surface area (Å²) in [5, 5.41) is 0. The van der Waals surface area contributed by atoms with Crippen molar-refractivity contribution < 1.29 is 19.0 Å². The van der Waals surface area contributed by atoms with Crippen molar-refractivity contribution in [2.75, 3.05) is 13.2 Å². The first kappa shape index (κ1) is 13.1. The minimum Gasteiger partial charge on any atom is -0.367 e. The van der Waals surface area contributed by atoms with Gasteiger partial charge in [-0.1, -0.05) is 6.08 Å². The molecule has 0 saturated carbocycles. The van der Waals surface area contributed by atoms with Crippen LogP contribution in [0.15, 0.2) is 24.8 Å². The summed E-state index contributed by atoms with van der Waals surface area (Å²) in [5.74, 6) is -0.588. The fraction of sp³-hybridized carbons (Fsp3) is 0.583. The summed E-state index contributed by atoms with van der Waals surface area (Å²) in [6, 6.07) is 0. The molecule has 1 saturated heterocycles. The number of ether oxygens (including phenoxy) is 3. The van der Waals surface area contributed by atoms with E-state index >= 15 is 0 Å². The van der Waals surface area contributed by atoms with Crippen molar-refractivity contribution in [1.29, 1.82) is 0 Å². The van der Waals surface area contributed by atoms with Crippen molar-refractivity contribution >= 4 is 6.29 Å². The van der Waals surface area contributed by atoms with E-state index in [-0.39, 0.29) is 12.2 Å². The van der Waals surface area contributed by atoms with Gasteiger partial charge in [0.25, 0.3) is 0 Å². The highest BCUT2D eigenvalue weighted by Gasteiger charge is 2.36. The van der Waals surface area contributed by atoms with Crippen molar-refractivity contribution in [3.05, 3.63) is 24.8 Å². The molecule has 1 aliphatic heterocycles. The zero-order chi connectivity index (χ0) is 12.0. The van der Waals surface area contributed by atoms with E-state index in [4.69, 9.17) is 14.2 Å². The molecule has 0 unspecified atom stereocenters. The number of carbonyl (C=O) groups is 1. The van der Waals surface area contributed by atoms with Gasteiger partial charge in [0.15, 0.2) is 5.79 Å². The minimum atomic E-state index is -0.588. The van der Waals surface area contributed by atoms with E-state index in [1.54, 1.807) is 12.2 Å². The molecule has 0 bridgehead atoms. The molecule has 4 nitrogen and oxygen atoms in total. The normalized spacial score (nSPS) is 25.8. The molecule has 0 N–H and O–H groups in total. The zero-order valence-corrected chi connectivity index (χ0v) is 9.72. The average Bonchev–Trinajstić information content (AvgIpc) is 2.59. The third-order valence-corrected chi connectivity index (χ3v) is 2.18. The Morgan fingerprint density at radius 2 is 2.38 bits per heavy atom. The lowest BCUT2D eigenvalue weighted by atomic mass is 10.2. The summed E-state index contributed by atoms with van der Waals surface area (Å²) in [7, 11) is 0. The molecular formula is C12H18O4. The molecule has 0 spiro atoms. The van der Waals surface area contributed by atoms with Crippen molar-refractivity contribution in [2.45, 2.75) is 31.8 Å². The summed E-state index contributed by atoms with van der Waals surface area (Å²) in [5.41, 5.74) is 0. The molecule has 0 aromatic carbocycles. The van der Waals surface area contributed by atoms with E-state index < -0.39 is 5.79 Å². The van der Waals surface area contributed by atoms with Crippen molar-refractivity contribution in [1.82, 2.24) is 0 Å². The summed E-state index contributed by atoms with van der Waals surface area (Å²) >= 11 is 0. The molecule has 1 rings (SSSR count). The Morgan fingerprint density at radius 3 is 2.88 bits per heavy atom. The van der Waals surface area contributed by atoms with Gasteiger partial charge in [0, 0.05) is 0 Å². The molecule has 1 heterocycles. The van der Waals surface area contributed by atoms with Crippen molar-refractivity contribution in [2.24, 2.45) is 0 Å². The van der Waals surface area contributed by atoms with Crippen LogP contribution >= 0.6 is 0 Å². The first-order valence-electron chi connectivity index (χ1n) is 5.25. The lowest BCUT2D eigenvalue weighted by molar-refractivity contribution is -0.150. The summed E-state index contributed by atoms with van der Waals surface area (Å²) in [6.07, 6.45) is 4.97. The molecule has 0 radical (unpaired) electrons. The van der Waals surface area contributed by atoms with E-state index in [0.29, 0.717) is 19.5 Å². The first-order valence-corrected chi connectivity index (χ1v) is 5.25. The molecule has 0 aliphatic carbocycles. The van der Waals surface area contributed by atoms with Crippen LogP contribution in [-0.2, 0) is 19.0 Å². The molecule has 4 heteroatoms. The van der Waals surface area contributed by atoms with Crippen molar-refractivity contribution in [3.8, 4) is 0 Å². The Bertz CT molecular complexity index is 270. The van der Waals surface area contributed by atoms with Gasteiger partial charge >= 0.3 is 0 Å². The van der Waals surface area contributed by atoms with Crippen LogP contribution in [0.1, 0.15) is 13.8 Å². The molecule has 90 valence electrons. The number of carbonyl (C=O) groups excluding carboxylic acids is 1. The van der Waals surface area contributed by atoms with Crippen LogP contribution in [0, 0.1) is 0 Å². The molecule has 1 fully saturated rings. The fourth-order valence-corrected chi connectivity index (χ4v) is 1.50. The second-order valence-corrected chi connectivity index (χ2v) is 3.97. The third-order valence-electron chi connectivity index (χ3n) is 2.18. The quantitative estimate of drug-likeness (QED) is 0.391. The molecule has 0 aromatic heterocycles. The third kappa shape index (κ3) is 3.89. The Balaban J connectivity index is 2.58. The summed E-state index contributed by atoms with van der Waals surface area (Å²) in [6.45, 7) is 8.14. The predicted molar refractivity (Wildman–Crippen MR) is 60.0 cm³/mol. The minimum absolute atomic E-state index is 0.189. The number of allylic oxidation sites excluding steroid dienone is 1. The van der Waals surface area contributed by atoms with Gasteiger partial charge in [0.05, 0.1) is 13.2 Å². The van der Waals surface area contributed by atoms with Crippen LogP contribution in [0.3, 0.4) is 0 Å². The molecule has 16 heavy (non-hydrogen) atoms. The topological polar surface area (TPSA) is 44.8 Å². The maximum Gasteiger partial charge on any atom is 0.163 e. The van der Waals surface area contributed by atoms with E-state index in [1.807, 2.05) is 13.8 Å². The highest BCUT2D eigenvalue weighted by Crippen LogP contribution is 2.25. The number of aldehydes is 1. The van der Waals surface area contributed by atoms with Crippen LogP contribution in [0.25, 0.3) is 0 Å². The SMILES string of the molecule is C=CCO[C@@H](/C=C/C=O)[C@@H]1COC(C)(C)O1. The molecular weight excluding hydrogens is 208 g/mol. The van der Waals surface area contributed by atoms with Crippen LogP contribution in [0.2, 0.25) is 0 Å². The lowest BCUT2D eigenvalue weighted by Gasteiger charge is -2.21. The van der Waals surface area contributed by atoms with Gasteiger partial charge in [-0.25, -0.2) is 0 Å². The maximum atomic E-state index is 10.3. The van der Waals surface area contributed by atoms with Crippen LogP contribution in [0.5, 0.6) is 0 Å². The van der Waals surface area contributed by atoms with Gasteiger partial charge in [0.2, 0.25) is 0 Å². The Kier molecular flexibility index (Phi) is 4.86. The van der Waals surface area contributed by atoms with Crippen molar-refractivity contribution in [3.63, 3.8) is 0 Å². The molecule has 0 aromatic rings. The van der Waals surface area contributed by atoms with E-state index in [1.165, 1.54) is 6.08 Å². The van der Waals surface area contributed by atoms with E-state index in [2.05, 4.69) is 6.58 Å². The van der Waals surface area contributed by atoms with E-state index in [0.717, 1.165) is 0 Å². The Hall–Kier alpha value is -0.970. The number of rotatable bonds is 6. The van der Waals surface area contributed by atoms with Gasteiger partial charge < -0.3 is 14.2 Å². The van der Waals surface area contributed by atoms with Crippen LogP contribution in [0.4, 0.5) is 0 Å². The second kappa shape index (κ2) is 5.94. The largest absolute Gasteiger partial charge is 0.367 e. The Morgan fingerprint density at radius 1 is 1.62 bits per heavy atom. The molecule has 0 amide bonds. The first-order chi connectivity index (χ1) is 7.59. The Labute approximate surface area is 95.9 Å². The van der Waals surface area contributed by atoms with Gasteiger partial charge in [-0.3, -0.25) is 4.79 Å². The summed E-state index contributed by atoms with van der Waals surface area (Å²) in [4.78, 5) is 10.3. The highest BCUT2D eigenvalue weighted by molar-refractivity contribution is 5.64.